The third kappa shape index (κ3) is 3.64. The lowest BCUT2D eigenvalue weighted by Crippen LogP contribution is -2.31. The molecular formula is C10H12BF3O3. The number of ether oxygens (including phenoxy) is 1. The van der Waals surface area contributed by atoms with E-state index in [0.717, 1.165) is 6.07 Å². The minimum Gasteiger partial charge on any atom is -0.493 e. The molecule has 3 nitrogen and oxygen atoms in total. The fourth-order valence-electron chi connectivity index (χ4n) is 1.27. The van der Waals surface area contributed by atoms with Crippen molar-refractivity contribution in [2.75, 3.05) is 6.61 Å². The predicted octanol–water partition coefficient (Wildman–Crippen LogP) is 1.17. The summed E-state index contributed by atoms with van der Waals surface area (Å²) >= 11 is 0. The molecule has 7 heteroatoms. The van der Waals surface area contributed by atoms with E-state index in [2.05, 4.69) is 0 Å². The first-order chi connectivity index (χ1) is 7.86. The summed E-state index contributed by atoms with van der Waals surface area (Å²) in [6, 6.07) is 2.95. The Morgan fingerprint density at radius 2 is 1.94 bits per heavy atom. The van der Waals surface area contributed by atoms with E-state index in [1.165, 1.54) is 6.07 Å². The zero-order valence-corrected chi connectivity index (χ0v) is 9.16. The van der Waals surface area contributed by atoms with E-state index in [9.17, 15) is 13.2 Å². The molecule has 0 bridgehead atoms. The van der Waals surface area contributed by atoms with Crippen LogP contribution in [0.15, 0.2) is 18.2 Å². The van der Waals surface area contributed by atoms with Crippen molar-refractivity contribution >= 4 is 12.6 Å². The molecule has 1 aromatic carbocycles. The van der Waals surface area contributed by atoms with Crippen molar-refractivity contribution in [3.63, 3.8) is 0 Å². The summed E-state index contributed by atoms with van der Waals surface area (Å²) in [5.74, 6) is -0.302. The largest absolute Gasteiger partial charge is 0.493 e. The highest BCUT2D eigenvalue weighted by Crippen LogP contribution is 2.35. The van der Waals surface area contributed by atoms with E-state index < -0.39 is 18.9 Å². The molecule has 1 rings (SSSR count). The second kappa shape index (κ2) is 5.42. The van der Waals surface area contributed by atoms with Crippen molar-refractivity contribution in [3.05, 3.63) is 23.8 Å². The molecule has 0 radical (unpaired) electrons. The van der Waals surface area contributed by atoms with Crippen LogP contribution >= 0.6 is 0 Å². The maximum atomic E-state index is 12.7. The molecule has 0 aliphatic heterocycles. The first-order valence-electron chi connectivity index (χ1n) is 5.06. The lowest BCUT2D eigenvalue weighted by Gasteiger charge is -2.14. The van der Waals surface area contributed by atoms with Crippen LogP contribution in [0, 0.1) is 0 Å². The zero-order valence-electron chi connectivity index (χ0n) is 9.16. The molecule has 0 heterocycles. The van der Waals surface area contributed by atoms with Gasteiger partial charge in [0, 0.05) is 0 Å². The molecule has 17 heavy (non-hydrogen) atoms. The molecule has 0 fully saturated rings. The van der Waals surface area contributed by atoms with Crippen LogP contribution in [-0.4, -0.2) is 23.8 Å². The van der Waals surface area contributed by atoms with E-state index in [1.807, 2.05) is 0 Å². The van der Waals surface area contributed by atoms with Crippen LogP contribution in [0.4, 0.5) is 13.2 Å². The molecule has 2 N–H and O–H groups in total. The molecule has 1 aromatic rings. The van der Waals surface area contributed by atoms with Crippen LogP contribution in [0.1, 0.15) is 18.9 Å². The quantitative estimate of drug-likeness (QED) is 0.786. The molecule has 0 aliphatic rings. The topological polar surface area (TPSA) is 49.7 Å². The van der Waals surface area contributed by atoms with Gasteiger partial charge in [-0.15, -0.1) is 0 Å². The second-order valence-electron chi connectivity index (χ2n) is 3.48. The van der Waals surface area contributed by atoms with Crippen molar-refractivity contribution in [3.8, 4) is 5.75 Å². The molecule has 0 atom stereocenters. The van der Waals surface area contributed by atoms with Gasteiger partial charge in [-0.25, -0.2) is 0 Å². The maximum Gasteiger partial charge on any atom is 0.488 e. The zero-order chi connectivity index (χ0) is 13.1. The van der Waals surface area contributed by atoms with Crippen LogP contribution in [0.3, 0.4) is 0 Å². The first kappa shape index (κ1) is 13.9. The van der Waals surface area contributed by atoms with Crippen LogP contribution in [0.2, 0.25) is 0 Å². The number of rotatable bonds is 4. The second-order valence-corrected chi connectivity index (χ2v) is 3.48. The highest BCUT2D eigenvalue weighted by molar-refractivity contribution is 6.58. The average Bonchev–Trinajstić information content (AvgIpc) is 2.24. The fraction of sp³-hybridized carbons (Fsp3) is 0.400. The Morgan fingerprint density at radius 1 is 1.29 bits per heavy atom. The summed E-state index contributed by atoms with van der Waals surface area (Å²) in [5, 5.41) is 17.7. The molecule has 0 aliphatic carbocycles. The number of halogens is 3. The molecule has 0 saturated carbocycles. The van der Waals surface area contributed by atoms with Gasteiger partial charge < -0.3 is 14.8 Å². The molecule has 0 unspecified atom stereocenters. The summed E-state index contributed by atoms with van der Waals surface area (Å²) < 4.78 is 43.0. The first-order valence-corrected chi connectivity index (χ1v) is 5.06. The molecule has 0 aromatic heterocycles. The van der Waals surface area contributed by atoms with Gasteiger partial charge in [0.2, 0.25) is 0 Å². The average molecular weight is 248 g/mol. The monoisotopic (exact) mass is 248 g/mol. The molecule has 94 valence electrons. The minimum atomic E-state index is -4.59. The lowest BCUT2D eigenvalue weighted by atomic mass is 9.79. The Bertz CT molecular complexity index is 380. The van der Waals surface area contributed by atoms with Crippen molar-refractivity contribution in [1.29, 1.82) is 0 Å². The number of alkyl halides is 3. The fourth-order valence-corrected chi connectivity index (χ4v) is 1.27. The van der Waals surface area contributed by atoms with Crippen molar-refractivity contribution < 1.29 is 28.0 Å². The number of hydrogen-bond acceptors (Lipinski definition) is 3. The van der Waals surface area contributed by atoms with E-state index in [4.69, 9.17) is 14.8 Å². The highest BCUT2D eigenvalue weighted by atomic mass is 19.4. The molecular weight excluding hydrogens is 236 g/mol. The van der Waals surface area contributed by atoms with Gasteiger partial charge in [-0.3, -0.25) is 0 Å². The van der Waals surface area contributed by atoms with Gasteiger partial charge >= 0.3 is 13.3 Å². The molecule has 0 amide bonds. The van der Waals surface area contributed by atoms with E-state index in [-0.39, 0.29) is 17.8 Å². The molecule has 0 spiro atoms. The maximum absolute atomic E-state index is 12.7. The Balaban J connectivity index is 3.13. The van der Waals surface area contributed by atoms with Crippen LogP contribution < -0.4 is 10.2 Å². The SMILES string of the molecule is CCCOc1ccc(B(O)O)cc1C(F)(F)F. The Morgan fingerprint density at radius 3 is 2.41 bits per heavy atom. The van der Waals surface area contributed by atoms with Crippen LogP contribution in [-0.2, 0) is 6.18 Å². The van der Waals surface area contributed by atoms with Gasteiger partial charge in [0.15, 0.2) is 0 Å². The summed E-state index contributed by atoms with van der Waals surface area (Å²) in [6.45, 7) is 1.95. The summed E-state index contributed by atoms with van der Waals surface area (Å²) in [4.78, 5) is 0. The van der Waals surface area contributed by atoms with Crippen molar-refractivity contribution in [2.45, 2.75) is 19.5 Å². The number of benzene rings is 1. The number of hydrogen-bond donors (Lipinski definition) is 2. The highest BCUT2D eigenvalue weighted by Gasteiger charge is 2.35. The van der Waals surface area contributed by atoms with E-state index in [1.54, 1.807) is 6.92 Å². The molecule has 0 saturated heterocycles. The third-order valence-electron chi connectivity index (χ3n) is 2.07. The van der Waals surface area contributed by atoms with Crippen molar-refractivity contribution in [2.24, 2.45) is 0 Å². The third-order valence-corrected chi connectivity index (χ3v) is 2.07. The van der Waals surface area contributed by atoms with E-state index >= 15 is 0 Å². The predicted molar refractivity (Wildman–Crippen MR) is 57.1 cm³/mol. The minimum absolute atomic E-state index is 0.171. The van der Waals surface area contributed by atoms with Gasteiger partial charge in [-0.2, -0.15) is 13.2 Å². The smallest absolute Gasteiger partial charge is 0.488 e. The van der Waals surface area contributed by atoms with Gasteiger partial charge in [-0.05, 0) is 24.0 Å². The van der Waals surface area contributed by atoms with Crippen LogP contribution in [0.25, 0.3) is 0 Å². The Kier molecular flexibility index (Phi) is 4.42. The van der Waals surface area contributed by atoms with Gasteiger partial charge in [-0.1, -0.05) is 13.0 Å². The summed E-state index contributed by atoms with van der Waals surface area (Å²) in [7, 11) is -1.93. The summed E-state index contributed by atoms with van der Waals surface area (Å²) in [6.07, 6.45) is -4.00. The van der Waals surface area contributed by atoms with Crippen molar-refractivity contribution in [1.82, 2.24) is 0 Å². The lowest BCUT2D eigenvalue weighted by molar-refractivity contribution is -0.138. The van der Waals surface area contributed by atoms with E-state index in [0.29, 0.717) is 12.5 Å². The van der Waals surface area contributed by atoms with Gasteiger partial charge in [0.1, 0.15) is 5.75 Å². The van der Waals surface area contributed by atoms with Gasteiger partial charge in [0.25, 0.3) is 0 Å². The Hall–Kier alpha value is -1.21. The summed E-state index contributed by atoms with van der Waals surface area (Å²) in [5.41, 5.74) is -1.22. The standard InChI is InChI=1S/C10H12BF3O3/c1-2-5-17-9-4-3-7(11(15)16)6-8(9)10(12,13)14/h3-4,6,15-16H,2,5H2,1H3. The van der Waals surface area contributed by atoms with Crippen LogP contribution in [0.5, 0.6) is 5.75 Å². The Labute approximate surface area is 97.0 Å². The van der Waals surface area contributed by atoms with Gasteiger partial charge in [0.05, 0.1) is 12.2 Å². The normalized spacial score (nSPS) is 11.4.